The van der Waals surface area contributed by atoms with Gasteiger partial charge in [0, 0.05) is 16.6 Å². The van der Waals surface area contributed by atoms with E-state index < -0.39 is 0 Å². The molecule has 0 radical (unpaired) electrons. The highest BCUT2D eigenvalue weighted by Gasteiger charge is 2.08. The van der Waals surface area contributed by atoms with Crippen molar-refractivity contribution in [3.05, 3.63) is 52.2 Å². The predicted molar refractivity (Wildman–Crippen MR) is 85.3 cm³/mol. The second-order valence-corrected chi connectivity index (χ2v) is 5.96. The number of carbonyl (C=O) groups is 1. The van der Waals surface area contributed by atoms with Crippen LogP contribution in [0.3, 0.4) is 0 Å². The molecule has 0 aliphatic carbocycles. The number of benzene rings is 1. The lowest BCUT2D eigenvalue weighted by molar-refractivity contribution is -0.115. The molecule has 0 saturated heterocycles. The smallest absolute Gasteiger partial charge is 0.238 e. The zero-order valence-corrected chi connectivity index (χ0v) is 12.7. The van der Waals surface area contributed by atoms with Gasteiger partial charge in [0.1, 0.15) is 0 Å². The van der Waals surface area contributed by atoms with Crippen LogP contribution < -0.4 is 10.6 Å². The normalized spacial score (nSPS) is 12.1. The zero-order valence-electron chi connectivity index (χ0n) is 11.8. The summed E-state index contributed by atoms with van der Waals surface area (Å²) in [6.45, 7) is 4.42. The zero-order chi connectivity index (χ0) is 14.4. The Kier molecular flexibility index (Phi) is 5.32. The third kappa shape index (κ3) is 4.47. The van der Waals surface area contributed by atoms with E-state index in [0.717, 1.165) is 17.7 Å². The molecule has 1 amide bonds. The predicted octanol–water partition coefficient (Wildman–Crippen LogP) is 3.22. The summed E-state index contributed by atoms with van der Waals surface area (Å²) in [5.41, 5.74) is 1.96. The van der Waals surface area contributed by atoms with Crippen molar-refractivity contribution >= 4 is 22.9 Å². The first-order chi connectivity index (χ1) is 9.65. The van der Waals surface area contributed by atoms with Crippen LogP contribution in [0.2, 0.25) is 0 Å². The van der Waals surface area contributed by atoms with Gasteiger partial charge in [0.05, 0.1) is 6.54 Å². The molecule has 1 aromatic carbocycles. The minimum atomic E-state index is -0.00247. The Bertz CT molecular complexity index is 551. The molecule has 2 rings (SSSR count). The van der Waals surface area contributed by atoms with Gasteiger partial charge in [-0.25, -0.2) is 0 Å². The maximum absolute atomic E-state index is 11.9. The van der Waals surface area contributed by atoms with E-state index in [9.17, 15) is 4.79 Å². The molecule has 106 valence electrons. The minimum Gasteiger partial charge on any atom is -0.325 e. The van der Waals surface area contributed by atoms with E-state index in [0.29, 0.717) is 6.54 Å². The number of hydrogen-bond acceptors (Lipinski definition) is 3. The molecule has 3 nitrogen and oxygen atoms in total. The summed E-state index contributed by atoms with van der Waals surface area (Å²) in [6, 6.07) is 12.3. The van der Waals surface area contributed by atoms with Gasteiger partial charge in [-0.1, -0.05) is 24.3 Å². The quantitative estimate of drug-likeness (QED) is 0.857. The molecule has 4 heteroatoms. The highest BCUT2D eigenvalue weighted by atomic mass is 32.1. The number of nitrogens with one attached hydrogen (secondary N) is 2. The number of para-hydroxylation sites is 1. The first kappa shape index (κ1) is 14.8. The molecule has 0 spiro atoms. The van der Waals surface area contributed by atoms with E-state index in [1.807, 2.05) is 31.2 Å². The number of anilines is 1. The molecule has 0 fully saturated rings. The van der Waals surface area contributed by atoms with Gasteiger partial charge in [0.15, 0.2) is 0 Å². The summed E-state index contributed by atoms with van der Waals surface area (Å²) < 4.78 is 0. The van der Waals surface area contributed by atoms with E-state index in [-0.39, 0.29) is 11.9 Å². The van der Waals surface area contributed by atoms with Crippen molar-refractivity contribution in [2.24, 2.45) is 0 Å². The van der Waals surface area contributed by atoms with Crippen LogP contribution in [0.25, 0.3) is 0 Å². The lowest BCUT2D eigenvalue weighted by atomic mass is 10.2. The minimum absolute atomic E-state index is 0.00247. The van der Waals surface area contributed by atoms with Crippen molar-refractivity contribution in [2.45, 2.75) is 26.3 Å². The standard InChI is InChI=1S/C16H20N2OS/c1-12-6-3-4-8-15(12)18-16(19)11-17-13(2)10-14-7-5-9-20-14/h3-9,13,17H,10-11H2,1-2H3,(H,18,19). The van der Waals surface area contributed by atoms with Crippen LogP contribution in [0.15, 0.2) is 41.8 Å². The number of rotatable bonds is 6. The van der Waals surface area contributed by atoms with Crippen LogP contribution in [0, 0.1) is 6.92 Å². The third-order valence-electron chi connectivity index (χ3n) is 3.12. The van der Waals surface area contributed by atoms with E-state index in [1.165, 1.54) is 4.88 Å². The Labute approximate surface area is 124 Å². The Morgan fingerprint density at radius 1 is 1.25 bits per heavy atom. The number of amides is 1. The Hall–Kier alpha value is -1.65. The van der Waals surface area contributed by atoms with Crippen molar-refractivity contribution in [2.75, 3.05) is 11.9 Å². The highest BCUT2D eigenvalue weighted by Crippen LogP contribution is 2.13. The molecule has 0 saturated carbocycles. The van der Waals surface area contributed by atoms with Crippen molar-refractivity contribution in [1.29, 1.82) is 0 Å². The van der Waals surface area contributed by atoms with Crippen molar-refractivity contribution in [3.8, 4) is 0 Å². The van der Waals surface area contributed by atoms with Gasteiger partial charge in [-0.2, -0.15) is 0 Å². The maximum atomic E-state index is 11.9. The van der Waals surface area contributed by atoms with Gasteiger partial charge < -0.3 is 10.6 Å². The van der Waals surface area contributed by atoms with E-state index in [4.69, 9.17) is 0 Å². The third-order valence-corrected chi connectivity index (χ3v) is 4.02. The highest BCUT2D eigenvalue weighted by molar-refractivity contribution is 7.09. The fraction of sp³-hybridized carbons (Fsp3) is 0.312. The molecule has 2 aromatic rings. The molecule has 2 N–H and O–H groups in total. The van der Waals surface area contributed by atoms with Crippen LogP contribution in [-0.2, 0) is 11.2 Å². The topological polar surface area (TPSA) is 41.1 Å². The fourth-order valence-corrected chi connectivity index (χ4v) is 2.81. The lowest BCUT2D eigenvalue weighted by Gasteiger charge is -2.13. The molecule has 1 aromatic heterocycles. The van der Waals surface area contributed by atoms with E-state index in [2.05, 4.69) is 35.1 Å². The SMILES string of the molecule is Cc1ccccc1NC(=O)CNC(C)Cc1cccs1. The first-order valence-electron chi connectivity index (χ1n) is 6.76. The van der Waals surface area contributed by atoms with Gasteiger partial charge in [-0.3, -0.25) is 4.79 Å². The van der Waals surface area contributed by atoms with Crippen LogP contribution in [0.5, 0.6) is 0 Å². The molecule has 1 atom stereocenters. The second-order valence-electron chi connectivity index (χ2n) is 4.93. The summed E-state index contributed by atoms with van der Waals surface area (Å²) in [7, 11) is 0. The molecule has 1 heterocycles. The van der Waals surface area contributed by atoms with E-state index >= 15 is 0 Å². The Morgan fingerprint density at radius 3 is 2.75 bits per heavy atom. The average Bonchev–Trinajstić information content (AvgIpc) is 2.92. The van der Waals surface area contributed by atoms with Crippen LogP contribution in [0.1, 0.15) is 17.4 Å². The Morgan fingerprint density at radius 2 is 2.05 bits per heavy atom. The number of carbonyl (C=O) groups excluding carboxylic acids is 1. The van der Waals surface area contributed by atoms with Gasteiger partial charge in [-0.05, 0) is 43.3 Å². The van der Waals surface area contributed by atoms with Crippen molar-refractivity contribution in [1.82, 2.24) is 5.32 Å². The molecule has 0 bridgehead atoms. The number of thiophene rings is 1. The van der Waals surface area contributed by atoms with E-state index in [1.54, 1.807) is 11.3 Å². The Balaban J connectivity index is 1.76. The van der Waals surface area contributed by atoms with Gasteiger partial charge in [0.25, 0.3) is 0 Å². The number of aryl methyl sites for hydroxylation is 1. The van der Waals surface area contributed by atoms with Gasteiger partial charge in [0.2, 0.25) is 5.91 Å². The van der Waals surface area contributed by atoms with Crippen LogP contribution >= 0.6 is 11.3 Å². The largest absolute Gasteiger partial charge is 0.325 e. The number of hydrogen-bond donors (Lipinski definition) is 2. The van der Waals surface area contributed by atoms with Crippen LogP contribution in [-0.4, -0.2) is 18.5 Å². The van der Waals surface area contributed by atoms with Gasteiger partial charge >= 0.3 is 0 Å². The first-order valence-corrected chi connectivity index (χ1v) is 7.64. The molecule has 20 heavy (non-hydrogen) atoms. The summed E-state index contributed by atoms with van der Waals surface area (Å²) in [6.07, 6.45) is 0.954. The molecular formula is C16H20N2OS. The summed E-state index contributed by atoms with van der Waals surface area (Å²) >= 11 is 1.75. The molecule has 0 aliphatic rings. The van der Waals surface area contributed by atoms with Crippen LogP contribution in [0.4, 0.5) is 5.69 Å². The van der Waals surface area contributed by atoms with Crippen molar-refractivity contribution in [3.63, 3.8) is 0 Å². The molecule has 1 unspecified atom stereocenters. The van der Waals surface area contributed by atoms with Gasteiger partial charge in [-0.15, -0.1) is 11.3 Å². The molecular weight excluding hydrogens is 268 g/mol. The summed E-state index contributed by atoms with van der Waals surface area (Å²) in [4.78, 5) is 13.2. The average molecular weight is 288 g/mol. The summed E-state index contributed by atoms with van der Waals surface area (Å²) in [5, 5.41) is 8.26. The second kappa shape index (κ2) is 7.22. The lowest BCUT2D eigenvalue weighted by Crippen LogP contribution is -2.35. The summed E-state index contributed by atoms with van der Waals surface area (Å²) in [5.74, 6) is -0.00247. The maximum Gasteiger partial charge on any atom is 0.238 e. The van der Waals surface area contributed by atoms with Crippen molar-refractivity contribution < 1.29 is 4.79 Å². The molecule has 0 aliphatic heterocycles. The monoisotopic (exact) mass is 288 g/mol. The fourth-order valence-electron chi connectivity index (χ4n) is 1.98.